The zero-order chi connectivity index (χ0) is 15.7. The Morgan fingerprint density at radius 1 is 1.14 bits per heavy atom. The van der Waals surface area contributed by atoms with Gasteiger partial charge in [-0.05, 0) is 17.7 Å². The van der Waals surface area contributed by atoms with Gasteiger partial charge in [0.1, 0.15) is 10.4 Å². The maximum atomic E-state index is 9.72. The van der Waals surface area contributed by atoms with Crippen LogP contribution in [0.5, 0.6) is 17.6 Å². The van der Waals surface area contributed by atoms with Gasteiger partial charge in [-0.25, -0.2) is 0 Å². The Kier molecular flexibility index (Phi) is 3.68. The van der Waals surface area contributed by atoms with Crippen LogP contribution >= 0.6 is 11.3 Å². The van der Waals surface area contributed by atoms with E-state index in [2.05, 4.69) is 15.0 Å². The second-order valence-electron chi connectivity index (χ2n) is 4.70. The summed E-state index contributed by atoms with van der Waals surface area (Å²) in [6, 6.07) is 7.27. The summed E-state index contributed by atoms with van der Waals surface area (Å²) < 4.78 is 5.59. The van der Waals surface area contributed by atoms with Crippen LogP contribution in [0.4, 0.5) is 5.13 Å². The van der Waals surface area contributed by atoms with Gasteiger partial charge in [0.2, 0.25) is 5.88 Å². The monoisotopic (exact) mass is 318 g/mol. The van der Waals surface area contributed by atoms with E-state index in [1.807, 2.05) is 36.2 Å². The van der Waals surface area contributed by atoms with Crippen molar-refractivity contribution in [1.29, 1.82) is 0 Å². The highest BCUT2D eigenvalue weighted by atomic mass is 32.1. The van der Waals surface area contributed by atoms with Crippen molar-refractivity contribution in [2.24, 2.45) is 0 Å². The minimum atomic E-state index is -0.486. The summed E-state index contributed by atoms with van der Waals surface area (Å²) in [7, 11) is 3.53. The molecule has 22 heavy (non-hydrogen) atoms. The van der Waals surface area contributed by atoms with Crippen LogP contribution in [0.25, 0.3) is 10.3 Å². The highest BCUT2D eigenvalue weighted by Gasteiger charge is 2.15. The first-order chi connectivity index (χ1) is 10.6. The summed E-state index contributed by atoms with van der Waals surface area (Å²) in [6.07, 6.45) is 0. The number of hydrogen-bond donors (Lipinski definition) is 2. The Morgan fingerprint density at radius 2 is 1.86 bits per heavy atom. The van der Waals surface area contributed by atoms with E-state index in [-0.39, 0.29) is 11.5 Å². The molecule has 2 heterocycles. The van der Waals surface area contributed by atoms with Gasteiger partial charge in [0.25, 0.3) is 0 Å². The molecule has 0 unspecified atom stereocenters. The van der Waals surface area contributed by atoms with Crippen LogP contribution in [0.15, 0.2) is 24.3 Å². The van der Waals surface area contributed by atoms with Gasteiger partial charge in [-0.2, -0.15) is 15.0 Å². The lowest BCUT2D eigenvalue weighted by atomic mass is 10.2. The van der Waals surface area contributed by atoms with Crippen molar-refractivity contribution in [3.63, 3.8) is 0 Å². The van der Waals surface area contributed by atoms with Gasteiger partial charge < -0.3 is 19.8 Å². The molecule has 0 bridgehead atoms. The van der Waals surface area contributed by atoms with E-state index >= 15 is 0 Å². The predicted octanol–water partition coefficient (Wildman–Crippen LogP) is 2.14. The first-order valence-electron chi connectivity index (χ1n) is 6.47. The summed E-state index contributed by atoms with van der Waals surface area (Å²) >= 11 is 1.27. The second kappa shape index (κ2) is 5.64. The van der Waals surface area contributed by atoms with Gasteiger partial charge >= 0.3 is 6.01 Å². The summed E-state index contributed by atoms with van der Waals surface area (Å²) in [5.41, 5.74) is 1.38. The topological polar surface area (TPSA) is 91.6 Å². The first-order valence-corrected chi connectivity index (χ1v) is 7.29. The first kappa shape index (κ1) is 14.3. The molecule has 0 spiro atoms. The Hall–Kier alpha value is -2.61. The van der Waals surface area contributed by atoms with Crippen LogP contribution in [0.3, 0.4) is 0 Å². The lowest BCUT2D eigenvalue weighted by molar-refractivity contribution is 0.403. The number of anilines is 1. The molecule has 0 radical (unpaired) electrons. The standard InChI is InChI=1S/C14H14N4O3S/c1-18(7-8-3-5-9(21-2)6-4-8)14-16-11-10(22-14)12(19)17-13(20)15-11/h3-6H,7H2,1-2H3,(H2,15,17,19,20). The van der Waals surface area contributed by atoms with Gasteiger partial charge in [0.15, 0.2) is 10.8 Å². The second-order valence-corrected chi connectivity index (χ2v) is 5.68. The van der Waals surface area contributed by atoms with E-state index in [9.17, 15) is 10.2 Å². The normalized spacial score (nSPS) is 10.8. The number of ether oxygens (including phenoxy) is 1. The Bertz CT molecular complexity index is 804. The molecule has 0 aliphatic heterocycles. The van der Waals surface area contributed by atoms with Crippen molar-refractivity contribution in [3.05, 3.63) is 29.8 Å². The molecule has 0 saturated carbocycles. The molecule has 0 atom stereocenters. The molecule has 0 fully saturated rings. The van der Waals surface area contributed by atoms with Crippen LogP contribution in [0.2, 0.25) is 0 Å². The van der Waals surface area contributed by atoms with Crippen LogP contribution in [0, 0.1) is 0 Å². The van der Waals surface area contributed by atoms with Crippen LogP contribution in [-0.4, -0.2) is 39.3 Å². The third-order valence-corrected chi connectivity index (χ3v) is 4.27. The van der Waals surface area contributed by atoms with E-state index in [4.69, 9.17) is 4.74 Å². The maximum Gasteiger partial charge on any atom is 0.319 e. The SMILES string of the molecule is COc1ccc(CN(C)c2nc3nc(O)nc(O)c3s2)cc1. The molecule has 0 saturated heterocycles. The van der Waals surface area contributed by atoms with Crippen molar-refractivity contribution >= 4 is 26.8 Å². The molecule has 1 aromatic carbocycles. The fraction of sp³-hybridized carbons (Fsp3) is 0.214. The van der Waals surface area contributed by atoms with Gasteiger partial charge in [-0.15, -0.1) is 0 Å². The quantitative estimate of drug-likeness (QED) is 0.761. The number of aromatic hydroxyl groups is 2. The van der Waals surface area contributed by atoms with Crippen LogP contribution in [-0.2, 0) is 6.54 Å². The fourth-order valence-corrected chi connectivity index (χ4v) is 2.88. The van der Waals surface area contributed by atoms with E-state index in [1.165, 1.54) is 11.3 Å². The summed E-state index contributed by atoms with van der Waals surface area (Å²) in [4.78, 5) is 13.6. The Labute approximate surface area is 130 Å². The lowest BCUT2D eigenvalue weighted by Gasteiger charge is -2.15. The highest BCUT2D eigenvalue weighted by molar-refractivity contribution is 7.22. The molecular formula is C14H14N4O3S. The molecule has 8 heteroatoms. The van der Waals surface area contributed by atoms with Gasteiger partial charge in [0.05, 0.1) is 7.11 Å². The molecule has 0 aliphatic rings. The third-order valence-electron chi connectivity index (χ3n) is 3.12. The van der Waals surface area contributed by atoms with Gasteiger partial charge in [-0.1, -0.05) is 23.5 Å². The summed E-state index contributed by atoms with van der Waals surface area (Å²) in [5, 5.41) is 19.7. The molecule has 0 amide bonds. The van der Waals surface area contributed by atoms with Crippen molar-refractivity contribution < 1.29 is 14.9 Å². The van der Waals surface area contributed by atoms with Crippen molar-refractivity contribution in [3.8, 4) is 17.6 Å². The average Bonchev–Trinajstić information content (AvgIpc) is 2.92. The molecule has 0 aliphatic carbocycles. The van der Waals surface area contributed by atoms with Crippen LogP contribution in [0.1, 0.15) is 5.56 Å². The third kappa shape index (κ3) is 2.73. The lowest BCUT2D eigenvalue weighted by Crippen LogP contribution is -2.15. The number of rotatable bonds is 4. The highest BCUT2D eigenvalue weighted by Crippen LogP contribution is 2.33. The molecular weight excluding hydrogens is 304 g/mol. The average molecular weight is 318 g/mol. The van der Waals surface area contributed by atoms with E-state index in [1.54, 1.807) is 7.11 Å². The molecule has 3 aromatic rings. The van der Waals surface area contributed by atoms with Crippen molar-refractivity contribution in [1.82, 2.24) is 15.0 Å². The number of nitrogens with zero attached hydrogens (tertiary/aromatic N) is 4. The number of benzene rings is 1. The van der Waals surface area contributed by atoms with E-state index < -0.39 is 6.01 Å². The summed E-state index contributed by atoms with van der Waals surface area (Å²) in [5.74, 6) is 0.547. The fourth-order valence-electron chi connectivity index (χ4n) is 2.02. The van der Waals surface area contributed by atoms with Gasteiger partial charge in [-0.3, -0.25) is 0 Å². The number of fused-ring (bicyclic) bond motifs is 1. The van der Waals surface area contributed by atoms with Gasteiger partial charge in [0, 0.05) is 13.6 Å². The predicted molar refractivity (Wildman–Crippen MR) is 83.6 cm³/mol. The molecule has 7 nitrogen and oxygen atoms in total. The molecule has 3 rings (SSSR count). The number of methoxy groups -OCH3 is 1. The molecule has 2 aromatic heterocycles. The number of thiazole rings is 1. The zero-order valence-electron chi connectivity index (χ0n) is 12.0. The summed E-state index contributed by atoms with van der Waals surface area (Å²) in [6.45, 7) is 0.643. The van der Waals surface area contributed by atoms with Crippen LogP contribution < -0.4 is 9.64 Å². The minimum Gasteiger partial charge on any atom is -0.497 e. The number of hydrogen-bond acceptors (Lipinski definition) is 8. The maximum absolute atomic E-state index is 9.72. The largest absolute Gasteiger partial charge is 0.497 e. The molecule has 2 N–H and O–H groups in total. The van der Waals surface area contributed by atoms with E-state index in [0.29, 0.717) is 16.4 Å². The zero-order valence-corrected chi connectivity index (χ0v) is 12.8. The smallest absolute Gasteiger partial charge is 0.319 e. The number of aromatic nitrogens is 3. The Morgan fingerprint density at radius 3 is 2.55 bits per heavy atom. The molecule has 114 valence electrons. The van der Waals surface area contributed by atoms with E-state index in [0.717, 1.165) is 11.3 Å². The Balaban J connectivity index is 1.85. The van der Waals surface area contributed by atoms with Crippen molar-refractivity contribution in [2.45, 2.75) is 6.54 Å². The van der Waals surface area contributed by atoms with Crippen molar-refractivity contribution in [2.75, 3.05) is 19.1 Å². The minimum absolute atomic E-state index is 0.260.